The molecule has 0 N–H and O–H groups in total. The highest BCUT2D eigenvalue weighted by atomic mass is 28.4. The van der Waals surface area contributed by atoms with E-state index in [1.54, 1.807) is 0 Å². The average molecular weight is 411 g/mol. The molecule has 0 aliphatic carbocycles. The fourth-order valence-corrected chi connectivity index (χ4v) is 7.34. The molecule has 29 heavy (non-hydrogen) atoms. The molecular weight excluding hydrogens is 368 g/mol. The van der Waals surface area contributed by atoms with Crippen molar-refractivity contribution in [2.24, 2.45) is 0 Å². The van der Waals surface area contributed by atoms with Crippen LogP contribution in [0.4, 0.5) is 0 Å². The third-order valence-electron chi connectivity index (χ3n) is 6.06. The molecule has 0 heterocycles. The van der Waals surface area contributed by atoms with Crippen LogP contribution in [0.1, 0.15) is 84.5 Å². The largest absolute Gasteiger partial charge is 0.405 e. The standard InChI is InChI=1S/C27H42OSi/c1-4-6-8-9-10-11-14-20-25(19-7-5-2)28-29(3,26-21-15-12-16-22-26)27-23-17-13-18-24-27/h12-13,15-18,21-25H,4-11,14,19-20H2,1-3H3. The van der Waals surface area contributed by atoms with Gasteiger partial charge in [0.2, 0.25) is 0 Å². The summed E-state index contributed by atoms with van der Waals surface area (Å²) < 4.78 is 7.10. The molecule has 1 unspecified atom stereocenters. The lowest BCUT2D eigenvalue weighted by Gasteiger charge is -2.33. The van der Waals surface area contributed by atoms with Gasteiger partial charge in [0.05, 0.1) is 0 Å². The highest BCUT2D eigenvalue weighted by Crippen LogP contribution is 2.20. The first-order valence-electron chi connectivity index (χ1n) is 12.0. The lowest BCUT2D eigenvalue weighted by Crippen LogP contribution is -2.59. The molecule has 0 fully saturated rings. The second-order valence-electron chi connectivity index (χ2n) is 8.56. The number of hydrogen-bond donors (Lipinski definition) is 0. The van der Waals surface area contributed by atoms with Crippen molar-refractivity contribution in [2.45, 2.75) is 97.1 Å². The van der Waals surface area contributed by atoms with Gasteiger partial charge in [-0.05, 0) is 29.8 Å². The molecule has 0 aliphatic rings. The van der Waals surface area contributed by atoms with Crippen LogP contribution in [0, 0.1) is 0 Å². The highest BCUT2D eigenvalue weighted by molar-refractivity contribution is 6.96. The Morgan fingerprint density at radius 2 is 1.07 bits per heavy atom. The maximum Gasteiger partial charge on any atom is 0.253 e. The maximum atomic E-state index is 7.10. The number of rotatable bonds is 15. The minimum atomic E-state index is -2.20. The van der Waals surface area contributed by atoms with Gasteiger partial charge < -0.3 is 4.43 Å². The van der Waals surface area contributed by atoms with Crippen LogP contribution in [0.5, 0.6) is 0 Å². The van der Waals surface area contributed by atoms with E-state index >= 15 is 0 Å². The molecule has 0 aliphatic heterocycles. The molecule has 160 valence electrons. The predicted molar refractivity (Wildman–Crippen MR) is 131 cm³/mol. The second-order valence-corrected chi connectivity index (χ2v) is 12.0. The summed E-state index contributed by atoms with van der Waals surface area (Å²) in [5, 5.41) is 2.76. The summed E-state index contributed by atoms with van der Waals surface area (Å²) >= 11 is 0. The monoisotopic (exact) mass is 410 g/mol. The fraction of sp³-hybridized carbons (Fsp3) is 0.556. The molecule has 0 amide bonds. The van der Waals surface area contributed by atoms with E-state index in [1.807, 2.05) is 0 Å². The number of hydrogen-bond acceptors (Lipinski definition) is 1. The molecule has 1 nitrogen and oxygen atoms in total. The normalized spacial score (nSPS) is 12.8. The first-order valence-corrected chi connectivity index (χ1v) is 14.4. The Morgan fingerprint density at radius 1 is 0.621 bits per heavy atom. The van der Waals surface area contributed by atoms with Gasteiger partial charge in [-0.1, -0.05) is 132 Å². The SMILES string of the molecule is CCCCCCCCCC(CCCC)O[Si](C)(c1ccccc1)c1ccccc1. The van der Waals surface area contributed by atoms with Gasteiger partial charge in [-0.15, -0.1) is 0 Å². The molecule has 1 atom stereocenters. The van der Waals surface area contributed by atoms with Crippen LogP contribution in [-0.4, -0.2) is 14.4 Å². The molecule has 0 aromatic heterocycles. The van der Waals surface area contributed by atoms with Gasteiger partial charge in [0, 0.05) is 6.10 Å². The topological polar surface area (TPSA) is 9.23 Å². The highest BCUT2D eigenvalue weighted by Gasteiger charge is 2.36. The van der Waals surface area contributed by atoms with Crippen LogP contribution in [0.3, 0.4) is 0 Å². The zero-order chi connectivity index (χ0) is 20.8. The number of benzene rings is 2. The third-order valence-corrected chi connectivity index (χ3v) is 9.74. The zero-order valence-corrected chi connectivity index (χ0v) is 20.0. The van der Waals surface area contributed by atoms with Gasteiger partial charge in [-0.3, -0.25) is 0 Å². The molecule has 0 bridgehead atoms. The Morgan fingerprint density at radius 3 is 1.59 bits per heavy atom. The van der Waals surface area contributed by atoms with Gasteiger partial charge in [-0.25, -0.2) is 0 Å². The van der Waals surface area contributed by atoms with E-state index in [9.17, 15) is 0 Å². The van der Waals surface area contributed by atoms with Crippen molar-refractivity contribution in [3.8, 4) is 0 Å². The van der Waals surface area contributed by atoms with E-state index < -0.39 is 8.32 Å². The molecule has 2 aromatic carbocycles. The Balaban J connectivity index is 2.05. The van der Waals surface area contributed by atoms with Crippen molar-refractivity contribution in [2.75, 3.05) is 0 Å². The van der Waals surface area contributed by atoms with Gasteiger partial charge in [-0.2, -0.15) is 0 Å². The summed E-state index contributed by atoms with van der Waals surface area (Å²) in [6.45, 7) is 6.97. The summed E-state index contributed by atoms with van der Waals surface area (Å²) in [5.74, 6) is 0. The quantitative estimate of drug-likeness (QED) is 0.225. The van der Waals surface area contributed by atoms with Crippen molar-refractivity contribution in [3.63, 3.8) is 0 Å². The van der Waals surface area contributed by atoms with Crippen LogP contribution < -0.4 is 10.4 Å². The molecule has 2 aromatic rings. The summed E-state index contributed by atoms with van der Waals surface area (Å²) in [5.41, 5.74) is 0. The average Bonchev–Trinajstić information content (AvgIpc) is 2.77. The smallest absolute Gasteiger partial charge is 0.253 e. The van der Waals surface area contributed by atoms with Gasteiger partial charge >= 0.3 is 0 Å². The fourth-order valence-electron chi connectivity index (χ4n) is 4.17. The van der Waals surface area contributed by atoms with Crippen molar-refractivity contribution >= 4 is 18.7 Å². The molecule has 2 rings (SSSR count). The Kier molecular flexibility index (Phi) is 11.3. The van der Waals surface area contributed by atoms with Gasteiger partial charge in [0.1, 0.15) is 0 Å². The molecule has 0 saturated carbocycles. The molecule has 2 heteroatoms. The second kappa shape index (κ2) is 13.8. The first kappa shape index (κ1) is 23.9. The van der Waals surface area contributed by atoms with Crippen LogP contribution in [0.15, 0.2) is 60.7 Å². The minimum absolute atomic E-state index is 0.377. The molecule has 0 spiro atoms. The number of unbranched alkanes of at least 4 members (excludes halogenated alkanes) is 7. The summed E-state index contributed by atoms with van der Waals surface area (Å²) in [6, 6.07) is 21.9. The van der Waals surface area contributed by atoms with E-state index in [0.29, 0.717) is 6.10 Å². The van der Waals surface area contributed by atoms with Gasteiger partial charge in [0.15, 0.2) is 0 Å². The Bertz CT molecular complexity index is 601. The van der Waals surface area contributed by atoms with Crippen molar-refractivity contribution < 1.29 is 4.43 Å². The van der Waals surface area contributed by atoms with Crippen LogP contribution in [0.2, 0.25) is 6.55 Å². The predicted octanol–water partition coefficient (Wildman–Crippen LogP) is 7.09. The molecular formula is C27H42OSi. The minimum Gasteiger partial charge on any atom is -0.405 e. The van der Waals surface area contributed by atoms with Crippen LogP contribution in [-0.2, 0) is 4.43 Å². The lowest BCUT2D eigenvalue weighted by atomic mass is 10.0. The van der Waals surface area contributed by atoms with E-state index in [2.05, 4.69) is 81.1 Å². The summed E-state index contributed by atoms with van der Waals surface area (Å²) in [7, 11) is -2.20. The summed E-state index contributed by atoms with van der Waals surface area (Å²) in [6.07, 6.45) is 14.8. The molecule has 0 radical (unpaired) electrons. The summed E-state index contributed by atoms with van der Waals surface area (Å²) in [4.78, 5) is 0. The third kappa shape index (κ3) is 8.10. The van der Waals surface area contributed by atoms with E-state index in [1.165, 1.54) is 81.0 Å². The van der Waals surface area contributed by atoms with Crippen molar-refractivity contribution in [3.05, 3.63) is 60.7 Å². The van der Waals surface area contributed by atoms with Gasteiger partial charge in [0.25, 0.3) is 8.32 Å². The van der Waals surface area contributed by atoms with Crippen molar-refractivity contribution in [1.29, 1.82) is 0 Å². The first-order chi connectivity index (χ1) is 14.2. The van der Waals surface area contributed by atoms with E-state index in [0.717, 1.165) is 0 Å². The van der Waals surface area contributed by atoms with E-state index in [-0.39, 0.29) is 0 Å². The lowest BCUT2D eigenvalue weighted by molar-refractivity contribution is 0.171. The maximum absolute atomic E-state index is 7.10. The zero-order valence-electron chi connectivity index (χ0n) is 19.0. The van der Waals surface area contributed by atoms with E-state index in [4.69, 9.17) is 4.43 Å². The molecule has 0 saturated heterocycles. The Labute approximate surface area is 181 Å². The van der Waals surface area contributed by atoms with Crippen molar-refractivity contribution in [1.82, 2.24) is 0 Å². The Hall–Kier alpha value is -1.38. The van der Waals surface area contributed by atoms with Crippen LogP contribution >= 0.6 is 0 Å². The van der Waals surface area contributed by atoms with Crippen LogP contribution in [0.25, 0.3) is 0 Å².